The van der Waals surface area contributed by atoms with Crippen LogP contribution in [0.15, 0.2) is 72.2 Å². The van der Waals surface area contributed by atoms with Crippen molar-refractivity contribution in [1.82, 2.24) is 24.4 Å². The predicted molar refractivity (Wildman–Crippen MR) is 152 cm³/mol. The van der Waals surface area contributed by atoms with E-state index in [4.69, 9.17) is 10.5 Å². The van der Waals surface area contributed by atoms with Gasteiger partial charge in [0, 0.05) is 18.7 Å². The number of aliphatic imine (C=N–C) groups is 1. The monoisotopic (exact) mass is 568 g/mol. The molecule has 4 N–H and O–H groups in total. The number of carbonyl (C=O) groups is 2. The van der Waals surface area contributed by atoms with E-state index >= 15 is 0 Å². The summed E-state index contributed by atoms with van der Waals surface area (Å²) >= 11 is 0. The lowest BCUT2D eigenvalue weighted by molar-refractivity contribution is -0.120. The molecule has 4 aromatic rings. The van der Waals surface area contributed by atoms with Gasteiger partial charge in [0.2, 0.25) is 0 Å². The first kappa shape index (κ1) is 26.2. The molecule has 13 heteroatoms. The Balaban J connectivity index is 1.13. The van der Waals surface area contributed by atoms with Gasteiger partial charge in [0.05, 0.1) is 23.8 Å². The highest BCUT2D eigenvalue weighted by atomic mass is 16.6. The van der Waals surface area contributed by atoms with E-state index in [0.717, 1.165) is 11.3 Å². The van der Waals surface area contributed by atoms with Crippen LogP contribution < -0.4 is 10.6 Å². The first-order valence-electron chi connectivity index (χ1n) is 13.7. The van der Waals surface area contributed by atoms with Gasteiger partial charge in [-0.25, -0.2) is 24.6 Å². The van der Waals surface area contributed by atoms with Crippen LogP contribution >= 0.6 is 0 Å². The molecule has 3 amide bonds. The Morgan fingerprint density at radius 3 is 2.57 bits per heavy atom. The SMILES string of the molecule is Nc1ncnc2c1ncn2[C@@H]1O[C@H](CCN2C(=O)N(c3ccccc3)C(=O)C2CC2C=Nc3ccccc32)C(O)[C@H]1O. The largest absolute Gasteiger partial charge is 0.388 e. The maximum atomic E-state index is 13.8. The van der Waals surface area contributed by atoms with Crippen molar-refractivity contribution < 1.29 is 24.5 Å². The highest BCUT2D eigenvalue weighted by Gasteiger charge is 2.49. The number of aliphatic hydroxyl groups excluding tert-OH is 2. The number of hydrogen-bond acceptors (Lipinski definition) is 10. The summed E-state index contributed by atoms with van der Waals surface area (Å²) < 4.78 is 7.59. The first-order valence-corrected chi connectivity index (χ1v) is 13.7. The van der Waals surface area contributed by atoms with E-state index in [1.807, 2.05) is 36.5 Å². The standard InChI is InChI=1S/C29H28N8O5/c30-25-22-26(33-14-32-25)36(15-34-22)28-24(39)23(38)21(42-28)10-11-35-20(12-16-13-31-19-9-5-4-8-18(16)19)27(40)37(29(35)41)17-6-2-1-3-7-17/h1-9,13-16,20-21,23-24,28,38-39H,10-12H2,(H2,30,32,33)/t16?,20?,21-,23?,24-,28-/m1/s1. The number of nitrogen functional groups attached to an aromatic ring is 1. The molecule has 0 aliphatic carbocycles. The summed E-state index contributed by atoms with van der Waals surface area (Å²) in [5, 5.41) is 21.8. The van der Waals surface area contributed by atoms with Crippen LogP contribution in [0, 0.1) is 0 Å². The molecular weight excluding hydrogens is 540 g/mol. The van der Waals surface area contributed by atoms with Gasteiger partial charge in [-0.05, 0) is 36.6 Å². The molecule has 2 saturated heterocycles. The molecule has 6 atom stereocenters. The minimum absolute atomic E-state index is 0.116. The summed E-state index contributed by atoms with van der Waals surface area (Å²) in [7, 11) is 0. The van der Waals surface area contributed by atoms with Crippen LogP contribution in [0.2, 0.25) is 0 Å². The van der Waals surface area contributed by atoms with Gasteiger partial charge >= 0.3 is 6.03 Å². The third-order valence-electron chi connectivity index (χ3n) is 8.19. The fourth-order valence-electron chi connectivity index (χ4n) is 6.05. The highest BCUT2D eigenvalue weighted by Crippen LogP contribution is 2.38. The molecule has 2 aromatic carbocycles. The number of aliphatic hydroxyl groups is 2. The number of rotatable bonds is 7. The number of hydrogen-bond donors (Lipinski definition) is 3. The van der Waals surface area contributed by atoms with E-state index < -0.39 is 36.6 Å². The number of benzene rings is 2. The van der Waals surface area contributed by atoms with Crippen molar-refractivity contribution in [2.24, 2.45) is 4.99 Å². The van der Waals surface area contributed by atoms with E-state index in [1.165, 1.54) is 27.0 Å². The third kappa shape index (κ3) is 4.21. The second kappa shape index (κ2) is 10.3. The zero-order valence-electron chi connectivity index (χ0n) is 22.3. The topological polar surface area (TPSA) is 172 Å². The summed E-state index contributed by atoms with van der Waals surface area (Å²) in [6.07, 6.45) is 0.709. The first-order chi connectivity index (χ1) is 20.4. The van der Waals surface area contributed by atoms with Crippen LogP contribution in [0.1, 0.15) is 30.6 Å². The zero-order valence-corrected chi connectivity index (χ0v) is 22.3. The fraction of sp³-hybridized carbons (Fsp3) is 0.310. The lowest BCUT2D eigenvalue weighted by Crippen LogP contribution is -2.40. The Kier molecular flexibility index (Phi) is 6.41. The summed E-state index contributed by atoms with van der Waals surface area (Å²) in [5.74, 6) is -0.272. The Labute approximate surface area is 239 Å². The molecule has 3 unspecified atom stereocenters. The van der Waals surface area contributed by atoms with Crippen LogP contribution in [0.5, 0.6) is 0 Å². The third-order valence-corrected chi connectivity index (χ3v) is 8.19. The number of nitrogens with zero attached hydrogens (tertiary/aromatic N) is 7. The van der Waals surface area contributed by atoms with Crippen LogP contribution in [0.3, 0.4) is 0 Å². The molecule has 13 nitrogen and oxygen atoms in total. The minimum atomic E-state index is -1.29. The van der Waals surface area contributed by atoms with Crippen LogP contribution in [-0.4, -0.2) is 83.7 Å². The molecule has 214 valence electrons. The van der Waals surface area contributed by atoms with Crippen molar-refractivity contribution in [2.75, 3.05) is 17.2 Å². The van der Waals surface area contributed by atoms with Gasteiger partial charge in [0.25, 0.3) is 5.91 Å². The lowest BCUT2D eigenvalue weighted by atomic mass is 9.93. The molecule has 0 bridgehead atoms. The second-order valence-corrected chi connectivity index (χ2v) is 10.6. The van der Waals surface area contributed by atoms with Crippen LogP contribution in [0.4, 0.5) is 22.0 Å². The molecule has 0 saturated carbocycles. The average molecular weight is 569 g/mol. The average Bonchev–Trinajstić information content (AvgIpc) is 3.74. The second-order valence-electron chi connectivity index (χ2n) is 10.6. The van der Waals surface area contributed by atoms with Crippen molar-refractivity contribution >= 4 is 46.5 Å². The van der Waals surface area contributed by atoms with Gasteiger partial charge in [0.1, 0.15) is 30.1 Å². The molecule has 5 heterocycles. The lowest BCUT2D eigenvalue weighted by Gasteiger charge is -2.25. The van der Waals surface area contributed by atoms with Crippen molar-refractivity contribution in [3.05, 3.63) is 72.8 Å². The fourth-order valence-corrected chi connectivity index (χ4v) is 6.05. The molecule has 0 spiro atoms. The number of fused-ring (bicyclic) bond motifs is 2. The van der Waals surface area contributed by atoms with Gasteiger partial charge in [-0.3, -0.25) is 14.4 Å². The normalized spacial score (nSPS) is 27.0. The summed E-state index contributed by atoms with van der Waals surface area (Å²) in [6.45, 7) is 0.116. The smallest absolute Gasteiger partial charge is 0.332 e. The van der Waals surface area contributed by atoms with E-state index in [9.17, 15) is 19.8 Å². The van der Waals surface area contributed by atoms with Gasteiger partial charge in [-0.2, -0.15) is 0 Å². The number of urea groups is 1. The molecule has 2 aromatic heterocycles. The maximum Gasteiger partial charge on any atom is 0.332 e. The number of para-hydroxylation sites is 2. The molecule has 7 rings (SSSR count). The Morgan fingerprint density at radius 1 is 0.952 bits per heavy atom. The quantitative estimate of drug-likeness (QED) is 0.282. The van der Waals surface area contributed by atoms with E-state index in [0.29, 0.717) is 23.3 Å². The van der Waals surface area contributed by atoms with Gasteiger partial charge in [-0.15, -0.1) is 0 Å². The van der Waals surface area contributed by atoms with Gasteiger partial charge in [-0.1, -0.05) is 36.4 Å². The van der Waals surface area contributed by atoms with E-state index in [1.54, 1.807) is 24.3 Å². The van der Waals surface area contributed by atoms with Crippen molar-refractivity contribution in [1.29, 1.82) is 0 Å². The molecule has 0 radical (unpaired) electrons. The number of amides is 3. The number of carbonyl (C=O) groups excluding carboxylic acids is 2. The maximum absolute atomic E-state index is 13.8. The van der Waals surface area contributed by atoms with Crippen LogP contribution in [0.25, 0.3) is 11.2 Å². The number of imide groups is 1. The summed E-state index contributed by atoms with van der Waals surface area (Å²) in [5.41, 5.74) is 8.96. The Morgan fingerprint density at radius 2 is 1.74 bits per heavy atom. The molecule has 42 heavy (non-hydrogen) atoms. The summed E-state index contributed by atoms with van der Waals surface area (Å²) in [6, 6.07) is 15.4. The Bertz CT molecular complexity index is 1690. The van der Waals surface area contributed by atoms with Crippen LogP contribution in [-0.2, 0) is 9.53 Å². The number of anilines is 2. The number of imidazole rings is 1. The number of aromatic nitrogens is 4. The van der Waals surface area contributed by atoms with Gasteiger partial charge in [0.15, 0.2) is 17.7 Å². The molecule has 2 fully saturated rings. The zero-order chi connectivity index (χ0) is 29.0. The molecular formula is C29H28N8O5. The van der Waals surface area contributed by atoms with Gasteiger partial charge < -0.3 is 25.6 Å². The van der Waals surface area contributed by atoms with Crippen molar-refractivity contribution in [3.8, 4) is 0 Å². The summed E-state index contributed by atoms with van der Waals surface area (Å²) in [4.78, 5) is 47.1. The minimum Gasteiger partial charge on any atom is -0.388 e. The van der Waals surface area contributed by atoms with E-state index in [-0.39, 0.29) is 30.6 Å². The van der Waals surface area contributed by atoms with Crippen molar-refractivity contribution in [3.63, 3.8) is 0 Å². The predicted octanol–water partition coefficient (Wildman–Crippen LogP) is 2.15. The Hall–Kier alpha value is -4.72. The van der Waals surface area contributed by atoms with E-state index in [2.05, 4.69) is 19.9 Å². The molecule has 3 aliphatic rings. The highest BCUT2D eigenvalue weighted by molar-refractivity contribution is 6.21. The van der Waals surface area contributed by atoms with Crippen molar-refractivity contribution in [2.45, 2.75) is 49.3 Å². The molecule has 3 aliphatic heterocycles. The number of ether oxygens (including phenoxy) is 1. The number of nitrogens with two attached hydrogens (primary N) is 1.